The number of fused-ring (bicyclic) bond motifs is 3. The monoisotopic (exact) mass is 440 g/mol. The van der Waals surface area contributed by atoms with Gasteiger partial charge in [0, 0.05) is 5.39 Å². The van der Waals surface area contributed by atoms with Gasteiger partial charge in [-0.25, -0.2) is 13.1 Å². The predicted molar refractivity (Wildman–Crippen MR) is 117 cm³/mol. The Morgan fingerprint density at radius 1 is 1.03 bits per heavy atom. The van der Waals surface area contributed by atoms with Crippen LogP contribution in [0.2, 0.25) is 0 Å². The van der Waals surface area contributed by atoms with Crippen LogP contribution in [0, 0.1) is 20.8 Å². The minimum absolute atomic E-state index is 0.0523. The van der Waals surface area contributed by atoms with Crippen molar-refractivity contribution in [3.63, 3.8) is 0 Å². The Morgan fingerprint density at radius 2 is 1.77 bits per heavy atom. The quantitative estimate of drug-likeness (QED) is 0.478. The molecule has 0 saturated carbocycles. The fraction of sp³-hybridized carbons (Fsp3) is 0.190. The molecular formula is C21H20N4O3S2. The van der Waals surface area contributed by atoms with Gasteiger partial charge in [-0.15, -0.1) is 10.2 Å². The van der Waals surface area contributed by atoms with Gasteiger partial charge in [0.2, 0.25) is 5.91 Å². The highest BCUT2D eigenvalue weighted by Crippen LogP contribution is 2.27. The first kappa shape index (κ1) is 20.4. The van der Waals surface area contributed by atoms with E-state index in [0.717, 1.165) is 39.4 Å². The van der Waals surface area contributed by atoms with Gasteiger partial charge in [-0.1, -0.05) is 47.7 Å². The number of hydrogen-bond acceptors (Lipinski definition) is 6. The summed E-state index contributed by atoms with van der Waals surface area (Å²) in [6.45, 7) is 5.89. The van der Waals surface area contributed by atoms with E-state index in [1.807, 2.05) is 49.4 Å². The molecule has 2 heterocycles. The summed E-state index contributed by atoms with van der Waals surface area (Å²) in [5.41, 5.74) is 4.76. The molecule has 0 unspecified atom stereocenters. The highest BCUT2D eigenvalue weighted by molar-refractivity contribution is 8.00. The lowest BCUT2D eigenvalue weighted by molar-refractivity contribution is -0.116. The van der Waals surface area contributed by atoms with Crippen LogP contribution in [0.25, 0.3) is 16.6 Å². The van der Waals surface area contributed by atoms with E-state index >= 15 is 0 Å². The summed E-state index contributed by atoms with van der Waals surface area (Å²) in [5, 5.41) is 10.0. The molecule has 0 spiro atoms. The highest BCUT2D eigenvalue weighted by atomic mass is 32.2. The number of aromatic nitrogens is 3. The van der Waals surface area contributed by atoms with Crippen LogP contribution < -0.4 is 4.72 Å². The Kier molecular flexibility index (Phi) is 5.25. The van der Waals surface area contributed by atoms with Gasteiger partial charge in [0.1, 0.15) is 0 Å². The third-order valence-electron chi connectivity index (χ3n) is 4.80. The number of pyridine rings is 1. The van der Waals surface area contributed by atoms with E-state index in [1.165, 1.54) is 12.1 Å². The number of carbonyl (C=O) groups is 1. The van der Waals surface area contributed by atoms with Crippen LogP contribution in [0.1, 0.15) is 16.7 Å². The molecule has 1 amide bonds. The molecule has 0 aliphatic heterocycles. The Balaban J connectivity index is 1.58. The number of rotatable bonds is 5. The summed E-state index contributed by atoms with van der Waals surface area (Å²) in [4.78, 5) is 12.4. The maximum absolute atomic E-state index is 12.4. The molecule has 30 heavy (non-hydrogen) atoms. The molecule has 7 nitrogen and oxygen atoms in total. The SMILES string of the molecule is Cc1ccc(S(=O)(=O)NC(=O)CSc2nnc3cc(C)c4cccc(C)c4n23)cc1. The smallest absolute Gasteiger partial charge is 0.264 e. The average Bonchev–Trinajstić information content (AvgIpc) is 3.09. The number of hydrogen-bond donors (Lipinski definition) is 1. The lowest BCUT2D eigenvalue weighted by Gasteiger charge is -2.10. The van der Waals surface area contributed by atoms with Gasteiger partial charge in [0.25, 0.3) is 10.0 Å². The Labute approximate surface area is 178 Å². The molecule has 1 N–H and O–H groups in total. The summed E-state index contributed by atoms with van der Waals surface area (Å²) < 4.78 is 28.8. The lowest BCUT2D eigenvalue weighted by atomic mass is 10.1. The predicted octanol–water partition coefficient (Wildman–Crippen LogP) is 3.40. The van der Waals surface area contributed by atoms with Gasteiger partial charge < -0.3 is 0 Å². The van der Waals surface area contributed by atoms with Crippen molar-refractivity contribution in [2.24, 2.45) is 0 Å². The Bertz CT molecular complexity index is 1380. The van der Waals surface area contributed by atoms with Crippen LogP contribution >= 0.6 is 11.8 Å². The van der Waals surface area contributed by atoms with Crippen LogP contribution in [0.3, 0.4) is 0 Å². The molecule has 4 aromatic rings. The molecule has 0 atom stereocenters. The summed E-state index contributed by atoms with van der Waals surface area (Å²) in [6, 6.07) is 14.3. The average molecular weight is 441 g/mol. The first-order valence-electron chi connectivity index (χ1n) is 9.25. The number of benzene rings is 2. The minimum Gasteiger partial charge on any atom is -0.273 e. The maximum atomic E-state index is 12.4. The largest absolute Gasteiger partial charge is 0.273 e. The second kappa shape index (κ2) is 7.73. The lowest BCUT2D eigenvalue weighted by Crippen LogP contribution is -2.32. The number of carbonyl (C=O) groups excluding carboxylic acids is 1. The van der Waals surface area contributed by atoms with E-state index < -0.39 is 15.9 Å². The van der Waals surface area contributed by atoms with E-state index in [9.17, 15) is 13.2 Å². The summed E-state index contributed by atoms with van der Waals surface area (Å²) in [7, 11) is -3.91. The molecule has 0 aliphatic rings. The topological polar surface area (TPSA) is 93.4 Å². The minimum atomic E-state index is -3.91. The van der Waals surface area contributed by atoms with Gasteiger partial charge in [-0.05, 0) is 50.1 Å². The van der Waals surface area contributed by atoms with E-state index in [2.05, 4.69) is 14.9 Å². The summed E-state index contributed by atoms with van der Waals surface area (Å²) in [5.74, 6) is -0.724. The van der Waals surface area contributed by atoms with Crippen LogP contribution in [-0.4, -0.2) is 34.7 Å². The molecule has 2 aromatic carbocycles. The van der Waals surface area contributed by atoms with Gasteiger partial charge in [-0.2, -0.15) is 0 Å². The highest BCUT2D eigenvalue weighted by Gasteiger charge is 2.19. The molecule has 2 aromatic heterocycles. The summed E-state index contributed by atoms with van der Waals surface area (Å²) >= 11 is 1.15. The van der Waals surface area contributed by atoms with E-state index in [4.69, 9.17) is 0 Å². The van der Waals surface area contributed by atoms with Crippen molar-refractivity contribution in [2.75, 3.05) is 5.75 Å². The number of nitrogens with zero attached hydrogens (tertiary/aromatic N) is 3. The number of sulfonamides is 1. The van der Waals surface area contributed by atoms with Crippen molar-refractivity contribution in [3.8, 4) is 0 Å². The maximum Gasteiger partial charge on any atom is 0.264 e. The molecular weight excluding hydrogens is 420 g/mol. The number of aryl methyl sites for hydroxylation is 3. The second-order valence-electron chi connectivity index (χ2n) is 7.11. The third kappa shape index (κ3) is 3.78. The van der Waals surface area contributed by atoms with E-state index in [-0.39, 0.29) is 10.6 Å². The molecule has 0 aliphatic carbocycles. The fourth-order valence-electron chi connectivity index (χ4n) is 3.31. The zero-order valence-corrected chi connectivity index (χ0v) is 18.3. The standard InChI is InChI=1S/C21H20N4O3S2/c1-13-7-9-16(10-8-13)30(27,28)24-19(26)12-29-21-23-22-18-11-15(3)17-6-4-5-14(2)20(17)25(18)21/h4-11H,12H2,1-3H3,(H,24,26). The fourth-order valence-corrected chi connectivity index (χ4v) is 5.13. The molecule has 154 valence electrons. The Morgan fingerprint density at radius 3 is 2.50 bits per heavy atom. The third-order valence-corrected chi connectivity index (χ3v) is 7.12. The zero-order valence-electron chi connectivity index (χ0n) is 16.7. The van der Waals surface area contributed by atoms with Crippen molar-refractivity contribution in [1.82, 2.24) is 19.3 Å². The van der Waals surface area contributed by atoms with Gasteiger partial charge in [0.15, 0.2) is 10.8 Å². The molecule has 0 bridgehead atoms. The van der Waals surface area contributed by atoms with Gasteiger partial charge in [-0.3, -0.25) is 9.20 Å². The molecule has 9 heteroatoms. The number of amides is 1. The zero-order chi connectivity index (χ0) is 21.5. The van der Waals surface area contributed by atoms with Crippen LogP contribution in [0.4, 0.5) is 0 Å². The van der Waals surface area contributed by atoms with Gasteiger partial charge in [0.05, 0.1) is 16.2 Å². The van der Waals surface area contributed by atoms with Crippen molar-refractivity contribution < 1.29 is 13.2 Å². The molecule has 0 saturated heterocycles. The molecule has 0 radical (unpaired) electrons. The Hall–Kier alpha value is -2.91. The normalized spacial score (nSPS) is 11.8. The molecule has 0 fully saturated rings. The van der Waals surface area contributed by atoms with E-state index in [0.29, 0.717) is 10.8 Å². The van der Waals surface area contributed by atoms with Crippen LogP contribution in [0.5, 0.6) is 0 Å². The van der Waals surface area contributed by atoms with Crippen LogP contribution in [-0.2, 0) is 14.8 Å². The van der Waals surface area contributed by atoms with Crippen molar-refractivity contribution in [3.05, 3.63) is 65.2 Å². The number of para-hydroxylation sites is 1. The van der Waals surface area contributed by atoms with Gasteiger partial charge >= 0.3 is 0 Å². The van der Waals surface area contributed by atoms with E-state index in [1.54, 1.807) is 12.1 Å². The second-order valence-corrected chi connectivity index (χ2v) is 9.73. The van der Waals surface area contributed by atoms with Crippen molar-refractivity contribution in [1.29, 1.82) is 0 Å². The van der Waals surface area contributed by atoms with Crippen molar-refractivity contribution in [2.45, 2.75) is 30.8 Å². The molecule has 4 rings (SSSR count). The first-order chi connectivity index (χ1) is 14.3. The first-order valence-corrected chi connectivity index (χ1v) is 11.7. The summed E-state index contributed by atoms with van der Waals surface area (Å²) in [6.07, 6.45) is 0. The number of thioether (sulfide) groups is 1. The number of nitrogens with one attached hydrogen (secondary N) is 1. The van der Waals surface area contributed by atoms with Crippen molar-refractivity contribution >= 4 is 44.2 Å². The van der Waals surface area contributed by atoms with Crippen LogP contribution in [0.15, 0.2) is 58.6 Å².